The molecule has 0 aliphatic carbocycles. The Labute approximate surface area is 168 Å². The number of hydrogen-bond acceptors (Lipinski definition) is 5. The molecule has 0 aliphatic heterocycles. The van der Waals surface area contributed by atoms with E-state index in [4.69, 9.17) is 14.2 Å². The quantitative estimate of drug-likeness (QED) is 0.373. The Bertz CT molecular complexity index is 645. The number of halogens is 1. The van der Waals surface area contributed by atoms with Crippen molar-refractivity contribution in [3.05, 3.63) is 35.9 Å². The highest BCUT2D eigenvalue weighted by Gasteiger charge is 2.31. The number of amides is 1. The van der Waals surface area contributed by atoms with Crippen molar-refractivity contribution in [3.63, 3.8) is 0 Å². The van der Waals surface area contributed by atoms with E-state index in [0.29, 0.717) is 6.61 Å². The van der Waals surface area contributed by atoms with Crippen LogP contribution in [-0.4, -0.2) is 36.4 Å². The molecule has 26 heavy (non-hydrogen) atoms. The normalized spacial score (nSPS) is 13.0. The summed E-state index contributed by atoms with van der Waals surface area (Å²) in [5.41, 5.74) is 0.277. The molecule has 1 amide bonds. The van der Waals surface area contributed by atoms with Crippen LogP contribution in [0.1, 0.15) is 33.3 Å². The second kappa shape index (κ2) is 11.0. The van der Waals surface area contributed by atoms with Crippen molar-refractivity contribution < 1.29 is 23.8 Å². The van der Waals surface area contributed by atoms with Crippen molar-refractivity contribution in [2.75, 3.05) is 6.61 Å². The van der Waals surface area contributed by atoms with E-state index in [1.807, 2.05) is 52.9 Å². The lowest BCUT2D eigenvalue weighted by Gasteiger charge is -2.26. The molecule has 0 saturated carbocycles. The average molecular weight is 473 g/mol. The van der Waals surface area contributed by atoms with E-state index in [0.717, 1.165) is 5.56 Å². The van der Waals surface area contributed by atoms with Gasteiger partial charge in [-0.15, -0.1) is 0 Å². The van der Waals surface area contributed by atoms with Crippen LogP contribution in [0.15, 0.2) is 30.3 Å². The maximum Gasteiger partial charge on any atom is 0.408 e. The van der Waals surface area contributed by atoms with Crippen LogP contribution in [-0.2, 0) is 25.6 Å². The average Bonchev–Trinajstić information content (AvgIpc) is 2.57. The zero-order valence-corrected chi connectivity index (χ0v) is 17.5. The van der Waals surface area contributed by atoms with Gasteiger partial charge in [0, 0.05) is 22.6 Å². The monoisotopic (exact) mass is 473 g/mol. The smallest absolute Gasteiger partial charge is 0.408 e. The lowest BCUT2D eigenvalue weighted by atomic mass is 10.1. The number of nitrogens with one attached hydrogen (secondary N) is 1. The van der Waals surface area contributed by atoms with Gasteiger partial charge in [0.2, 0.25) is 0 Å². The third kappa shape index (κ3) is 9.06. The third-order valence-corrected chi connectivity index (χ3v) is 3.49. The van der Waals surface area contributed by atoms with E-state index in [1.165, 1.54) is 0 Å². The van der Waals surface area contributed by atoms with E-state index >= 15 is 0 Å². The molecule has 1 aromatic carbocycles. The van der Waals surface area contributed by atoms with Crippen molar-refractivity contribution in [2.24, 2.45) is 0 Å². The predicted octanol–water partition coefficient (Wildman–Crippen LogP) is 3.42. The largest absolute Gasteiger partial charge is 0.451 e. The second-order valence-corrected chi connectivity index (χ2v) is 7.04. The SMILES string of the molecule is C[C@@H](OCc1ccccc1)[C@H](NC(=O)OC(C)(C)C)C(=O)OCC#CI. The Hall–Kier alpha value is -1.79. The van der Waals surface area contributed by atoms with Gasteiger partial charge < -0.3 is 19.5 Å². The van der Waals surface area contributed by atoms with E-state index in [-0.39, 0.29) is 6.61 Å². The van der Waals surface area contributed by atoms with E-state index in [9.17, 15) is 9.59 Å². The molecule has 0 aliphatic rings. The van der Waals surface area contributed by atoms with Gasteiger partial charge in [0.15, 0.2) is 12.6 Å². The summed E-state index contributed by atoms with van der Waals surface area (Å²) in [5, 5.41) is 2.53. The molecule has 1 N–H and O–H groups in total. The first kappa shape index (κ1) is 22.3. The van der Waals surface area contributed by atoms with Gasteiger partial charge in [-0.3, -0.25) is 0 Å². The summed E-state index contributed by atoms with van der Waals surface area (Å²) in [6.45, 7) is 7.16. The number of carbonyl (C=O) groups excluding carboxylic acids is 2. The molecule has 142 valence electrons. The zero-order valence-electron chi connectivity index (χ0n) is 15.4. The highest BCUT2D eigenvalue weighted by molar-refractivity contribution is 14.1. The first-order valence-corrected chi connectivity index (χ1v) is 9.21. The van der Waals surface area contributed by atoms with Crippen molar-refractivity contribution in [1.29, 1.82) is 0 Å². The molecule has 0 heterocycles. The summed E-state index contributed by atoms with van der Waals surface area (Å²) < 4.78 is 18.6. The number of rotatable bonds is 7. The molecule has 0 radical (unpaired) electrons. The van der Waals surface area contributed by atoms with Crippen molar-refractivity contribution in [3.8, 4) is 9.85 Å². The Morgan fingerprint density at radius 3 is 2.46 bits per heavy atom. The van der Waals surface area contributed by atoms with Crippen molar-refractivity contribution >= 4 is 34.7 Å². The molecular weight excluding hydrogens is 449 g/mol. The van der Waals surface area contributed by atoms with Crippen molar-refractivity contribution in [1.82, 2.24) is 5.32 Å². The van der Waals surface area contributed by atoms with Gasteiger partial charge in [0.25, 0.3) is 0 Å². The molecular formula is C19H24INO5. The molecule has 0 unspecified atom stereocenters. The van der Waals surface area contributed by atoms with Crippen LogP contribution < -0.4 is 5.32 Å². The lowest BCUT2D eigenvalue weighted by molar-refractivity contribution is -0.149. The van der Waals surface area contributed by atoms with E-state index < -0.39 is 29.8 Å². The van der Waals surface area contributed by atoms with Gasteiger partial charge in [-0.25, -0.2) is 9.59 Å². The summed E-state index contributed by atoms with van der Waals surface area (Å²) in [5.74, 6) is 2.00. The number of hydrogen-bond donors (Lipinski definition) is 1. The lowest BCUT2D eigenvalue weighted by Crippen LogP contribution is -2.50. The van der Waals surface area contributed by atoms with Gasteiger partial charge in [-0.05, 0) is 37.2 Å². The molecule has 0 bridgehead atoms. The highest BCUT2D eigenvalue weighted by Crippen LogP contribution is 2.10. The minimum Gasteiger partial charge on any atom is -0.451 e. The van der Waals surface area contributed by atoms with Crippen LogP contribution >= 0.6 is 22.6 Å². The molecule has 0 aromatic heterocycles. The molecule has 2 atom stereocenters. The minimum absolute atomic E-state index is 0.0559. The fourth-order valence-corrected chi connectivity index (χ4v) is 2.08. The topological polar surface area (TPSA) is 73.9 Å². The van der Waals surface area contributed by atoms with Crippen LogP contribution in [0.5, 0.6) is 0 Å². The fraction of sp³-hybridized carbons (Fsp3) is 0.474. The van der Waals surface area contributed by atoms with Gasteiger partial charge in [0.1, 0.15) is 5.60 Å². The first-order valence-electron chi connectivity index (χ1n) is 8.13. The molecule has 0 saturated heterocycles. The molecule has 6 nitrogen and oxygen atoms in total. The molecule has 7 heteroatoms. The molecule has 1 rings (SSSR count). The Morgan fingerprint density at radius 1 is 1.23 bits per heavy atom. The van der Waals surface area contributed by atoms with Gasteiger partial charge in [0.05, 0.1) is 12.7 Å². The van der Waals surface area contributed by atoms with Crippen molar-refractivity contribution in [2.45, 2.75) is 52.0 Å². The van der Waals surface area contributed by atoms with E-state index in [1.54, 1.807) is 27.7 Å². The predicted molar refractivity (Wildman–Crippen MR) is 107 cm³/mol. The molecule has 0 spiro atoms. The number of ether oxygens (including phenoxy) is 3. The summed E-state index contributed by atoms with van der Waals surface area (Å²) >= 11 is 1.85. The standard InChI is InChI=1S/C19H24INO5/c1-14(25-13-15-9-6-5-7-10-15)16(17(22)24-12-8-11-20)21-18(23)26-19(2,3)4/h5-7,9-10,14,16H,12-13H2,1-4H3,(H,21,23)/t14-,16+/m1/s1. The first-order chi connectivity index (χ1) is 12.2. The number of carbonyl (C=O) groups is 2. The number of alkyl carbamates (subject to hydrolysis) is 1. The second-order valence-electron chi connectivity index (χ2n) is 6.50. The molecule has 1 aromatic rings. The summed E-state index contributed by atoms with van der Waals surface area (Å²) in [6.07, 6.45) is -1.34. The van der Waals surface area contributed by atoms with Gasteiger partial charge >= 0.3 is 12.1 Å². The van der Waals surface area contributed by atoms with Crippen LogP contribution in [0.4, 0.5) is 4.79 Å². The Kier molecular flexibility index (Phi) is 9.44. The fourth-order valence-electron chi connectivity index (χ4n) is 1.92. The van der Waals surface area contributed by atoms with Crippen LogP contribution in [0.3, 0.4) is 0 Å². The van der Waals surface area contributed by atoms with Gasteiger partial charge in [-0.2, -0.15) is 0 Å². The maximum absolute atomic E-state index is 12.3. The third-order valence-electron chi connectivity index (χ3n) is 3.10. The summed E-state index contributed by atoms with van der Waals surface area (Å²) in [6, 6.07) is 8.53. The van der Waals surface area contributed by atoms with Crippen LogP contribution in [0.2, 0.25) is 0 Å². The minimum atomic E-state index is -1.01. The zero-order chi connectivity index (χ0) is 19.6. The number of esters is 1. The maximum atomic E-state index is 12.3. The van der Waals surface area contributed by atoms with Crippen LogP contribution in [0.25, 0.3) is 0 Å². The molecule has 0 fully saturated rings. The van der Waals surface area contributed by atoms with E-state index in [2.05, 4.69) is 15.2 Å². The van der Waals surface area contributed by atoms with Crippen LogP contribution in [0, 0.1) is 9.85 Å². The Morgan fingerprint density at radius 2 is 1.88 bits per heavy atom. The summed E-state index contributed by atoms with van der Waals surface area (Å²) in [4.78, 5) is 24.4. The van der Waals surface area contributed by atoms with Gasteiger partial charge in [-0.1, -0.05) is 36.3 Å². The Balaban J connectivity index is 2.75. The summed E-state index contributed by atoms with van der Waals surface area (Å²) in [7, 11) is 0. The highest BCUT2D eigenvalue weighted by atomic mass is 127. The number of benzene rings is 1.